The number of carbonyl (C=O) groups is 1. The molecule has 5 rings (SSSR count). The highest BCUT2D eigenvalue weighted by molar-refractivity contribution is 7.92. The third-order valence-corrected chi connectivity index (χ3v) is 8.28. The Balaban J connectivity index is 1.63. The Hall–Kier alpha value is -3.19. The monoisotopic (exact) mass is 465 g/mol. The van der Waals surface area contributed by atoms with Gasteiger partial charge in [0.25, 0.3) is 10.0 Å². The maximum absolute atomic E-state index is 15.8. The van der Waals surface area contributed by atoms with Crippen LogP contribution in [0.4, 0.5) is 10.1 Å². The second-order valence-electron chi connectivity index (χ2n) is 8.66. The summed E-state index contributed by atoms with van der Waals surface area (Å²) >= 11 is 0. The van der Waals surface area contributed by atoms with E-state index in [4.69, 9.17) is 4.74 Å². The van der Waals surface area contributed by atoms with Gasteiger partial charge in [0.15, 0.2) is 6.17 Å². The van der Waals surface area contributed by atoms with Crippen LogP contribution in [0.3, 0.4) is 0 Å². The minimum Gasteiger partial charge on any atom is -0.495 e. The summed E-state index contributed by atoms with van der Waals surface area (Å²) in [6.45, 7) is 0. The van der Waals surface area contributed by atoms with Gasteiger partial charge in [0.05, 0.1) is 12.5 Å². The van der Waals surface area contributed by atoms with E-state index in [9.17, 15) is 13.2 Å². The molecule has 0 bridgehead atoms. The molecule has 1 fully saturated rings. The zero-order chi connectivity index (χ0) is 23.2. The van der Waals surface area contributed by atoms with Crippen molar-refractivity contribution in [3.63, 3.8) is 0 Å². The van der Waals surface area contributed by atoms with Gasteiger partial charge in [-0.3, -0.25) is 9.52 Å². The van der Waals surface area contributed by atoms with E-state index in [1.54, 1.807) is 48.5 Å². The van der Waals surface area contributed by atoms with Crippen LogP contribution < -0.4 is 9.46 Å². The predicted octanol–water partition coefficient (Wildman–Crippen LogP) is 5.10. The number of halogens is 1. The second kappa shape index (κ2) is 7.99. The Bertz CT molecular complexity index is 1330. The Morgan fingerprint density at radius 1 is 1.03 bits per heavy atom. The molecule has 0 aliphatic heterocycles. The molecule has 1 atom stereocenters. The van der Waals surface area contributed by atoms with E-state index >= 15 is 4.39 Å². The van der Waals surface area contributed by atoms with Gasteiger partial charge in [-0.1, -0.05) is 48.9 Å². The van der Waals surface area contributed by atoms with E-state index in [1.807, 2.05) is 6.07 Å². The smallest absolute Gasteiger partial charge is 0.265 e. The van der Waals surface area contributed by atoms with Crippen LogP contribution in [0.5, 0.6) is 5.75 Å². The SMILES string of the molecule is COc1ccccc1S(=O)(=O)Nc1cc(C(F)c2ccccc2)c2c(c1)C1(CCC1)C(=O)C2. The Morgan fingerprint density at radius 2 is 1.73 bits per heavy atom. The Labute approximate surface area is 192 Å². The van der Waals surface area contributed by atoms with Crippen molar-refractivity contribution >= 4 is 21.5 Å². The number of para-hydroxylation sites is 1. The number of hydrogen-bond acceptors (Lipinski definition) is 4. The number of methoxy groups -OCH3 is 1. The van der Waals surface area contributed by atoms with Crippen molar-refractivity contribution in [2.24, 2.45) is 0 Å². The lowest BCUT2D eigenvalue weighted by atomic mass is 9.64. The number of ketones is 1. The van der Waals surface area contributed by atoms with E-state index in [0.717, 1.165) is 12.0 Å². The summed E-state index contributed by atoms with van der Waals surface area (Å²) in [6.07, 6.45) is 1.05. The van der Waals surface area contributed by atoms with Gasteiger partial charge in [-0.2, -0.15) is 0 Å². The molecule has 0 radical (unpaired) electrons. The number of anilines is 1. The van der Waals surface area contributed by atoms with Crippen LogP contribution in [0.25, 0.3) is 0 Å². The molecule has 0 aromatic heterocycles. The highest BCUT2D eigenvalue weighted by Crippen LogP contribution is 2.53. The molecule has 1 saturated carbocycles. The average Bonchev–Trinajstić information content (AvgIpc) is 3.10. The van der Waals surface area contributed by atoms with Crippen molar-refractivity contribution < 1.29 is 22.3 Å². The molecule has 33 heavy (non-hydrogen) atoms. The summed E-state index contributed by atoms with van der Waals surface area (Å²) in [7, 11) is -2.60. The first-order chi connectivity index (χ1) is 15.9. The number of hydrogen-bond donors (Lipinski definition) is 1. The van der Waals surface area contributed by atoms with Crippen LogP contribution in [-0.4, -0.2) is 21.3 Å². The van der Waals surface area contributed by atoms with Gasteiger partial charge in [-0.25, -0.2) is 12.8 Å². The molecule has 170 valence electrons. The fourth-order valence-corrected chi connectivity index (χ4v) is 6.23. The predicted molar refractivity (Wildman–Crippen MR) is 124 cm³/mol. The van der Waals surface area contributed by atoms with E-state index < -0.39 is 21.6 Å². The lowest BCUT2D eigenvalue weighted by molar-refractivity contribution is -0.125. The standard InChI is InChI=1S/C26H24FNO4S/c1-32-22-10-5-6-11-23(22)33(30,31)28-18-14-20(25(27)17-8-3-2-4-9-17)19-16-24(29)26(12-7-13-26)21(19)15-18/h2-6,8-11,14-15,25,28H,7,12-13,16H2,1H3. The topological polar surface area (TPSA) is 72.5 Å². The van der Waals surface area contributed by atoms with Crippen molar-refractivity contribution in [2.75, 3.05) is 11.8 Å². The summed E-state index contributed by atoms with van der Waals surface area (Å²) in [4.78, 5) is 13.0. The number of Topliss-reactive ketones (excluding diaryl/α,β-unsaturated/α-hetero) is 1. The van der Waals surface area contributed by atoms with Gasteiger partial charge >= 0.3 is 0 Å². The summed E-state index contributed by atoms with van der Waals surface area (Å²) < 4.78 is 50.0. The molecule has 3 aromatic carbocycles. The maximum atomic E-state index is 15.8. The first-order valence-electron chi connectivity index (χ1n) is 10.9. The van der Waals surface area contributed by atoms with Crippen LogP contribution in [0, 0.1) is 0 Å². The molecule has 5 nitrogen and oxygen atoms in total. The summed E-state index contributed by atoms with van der Waals surface area (Å²) in [5, 5.41) is 0. The van der Waals surface area contributed by atoms with E-state index in [2.05, 4.69) is 4.72 Å². The van der Waals surface area contributed by atoms with Crippen molar-refractivity contribution in [1.82, 2.24) is 0 Å². The van der Waals surface area contributed by atoms with Crippen molar-refractivity contribution in [3.8, 4) is 5.75 Å². The largest absolute Gasteiger partial charge is 0.495 e. The van der Waals surface area contributed by atoms with Crippen molar-refractivity contribution in [3.05, 3.63) is 89.0 Å². The van der Waals surface area contributed by atoms with Gasteiger partial charge in [-0.15, -0.1) is 0 Å². The first-order valence-corrected chi connectivity index (χ1v) is 12.4. The number of ether oxygens (including phenoxy) is 1. The lowest BCUT2D eigenvalue weighted by Gasteiger charge is -2.38. The van der Waals surface area contributed by atoms with Gasteiger partial charge in [0.2, 0.25) is 0 Å². The van der Waals surface area contributed by atoms with Crippen LogP contribution in [-0.2, 0) is 26.7 Å². The number of carbonyl (C=O) groups excluding carboxylic acids is 1. The van der Waals surface area contributed by atoms with Crippen LogP contribution in [0.15, 0.2) is 71.6 Å². The summed E-state index contributed by atoms with van der Waals surface area (Å²) in [5.74, 6) is 0.305. The molecule has 2 aliphatic rings. The maximum Gasteiger partial charge on any atom is 0.265 e. The van der Waals surface area contributed by atoms with Gasteiger partial charge in [0.1, 0.15) is 16.4 Å². The van der Waals surface area contributed by atoms with E-state index in [-0.39, 0.29) is 28.5 Å². The molecule has 1 N–H and O–H groups in total. The molecular weight excluding hydrogens is 441 g/mol. The van der Waals surface area contributed by atoms with Crippen LogP contribution >= 0.6 is 0 Å². The van der Waals surface area contributed by atoms with Gasteiger partial charge in [-0.05, 0) is 59.4 Å². The van der Waals surface area contributed by atoms with Crippen LogP contribution in [0.2, 0.25) is 0 Å². The number of sulfonamides is 1. The highest BCUT2D eigenvalue weighted by Gasteiger charge is 2.51. The molecule has 1 spiro atoms. The number of fused-ring (bicyclic) bond motifs is 2. The fourth-order valence-electron chi connectivity index (χ4n) is 5.01. The van der Waals surface area contributed by atoms with E-state index in [0.29, 0.717) is 29.5 Å². The number of alkyl halides is 1. The van der Waals surface area contributed by atoms with Gasteiger partial charge in [0, 0.05) is 12.1 Å². The zero-order valence-electron chi connectivity index (χ0n) is 18.2. The lowest BCUT2D eigenvalue weighted by Crippen LogP contribution is -2.39. The summed E-state index contributed by atoms with van der Waals surface area (Å²) in [6, 6.07) is 18.3. The Kier molecular flexibility index (Phi) is 5.24. The van der Waals surface area contributed by atoms with Crippen LogP contribution in [0.1, 0.15) is 47.7 Å². The first kappa shape index (κ1) is 21.6. The third-order valence-electron chi connectivity index (χ3n) is 6.85. The highest BCUT2D eigenvalue weighted by atomic mass is 32.2. The number of benzene rings is 3. The molecule has 0 saturated heterocycles. The molecule has 0 amide bonds. The van der Waals surface area contributed by atoms with Gasteiger partial charge < -0.3 is 4.74 Å². The third kappa shape index (κ3) is 3.51. The molecular formula is C26H24FNO4S. The molecule has 7 heteroatoms. The second-order valence-corrected chi connectivity index (χ2v) is 10.3. The zero-order valence-corrected chi connectivity index (χ0v) is 19.0. The quantitative estimate of drug-likeness (QED) is 0.550. The van der Waals surface area contributed by atoms with Crippen molar-refractivity contribution in [1.29, 1.82) is 0 Å². The summed E-state index contributed by atoms with van der Waals surface area (Å²) in [5.41, 5.74) is 1.88. The molecule has 1 unspecified atom stereocenters. The van der Waals surface area contributed by atoms with E-state index in [1.165, 1.54) is 19.2 Å². The fraction of sp³-hybridized carbons (Fsp3) is 0.269. The minimum absolute atomic E-state index is 0.0103. The molecule has 0 heterocycles. The normalized spacial score (nSPS) is 17.3. The number of nitrogens with one attached hydrogen (secondary N) is 1. The minimum atomic E-state index is -4.00. The Morgan fingerprint density at radius 3 is 2.39 bits per heavy atom. The van der Waals surface area contributed by atoms with Crippen molar-refractivity contribution in [2.45, 2.75) is 42.2 Å². The average molecular weight is 466 g/mol. The molecule has 2 aliphatic carbocycles. The molecule has 3 aromatic rings. The number of rotatable bonds is 6.